The molecule has 1 N–H and O–H groups in total. The number of hydrogen-bond donors (Lipinski definition) is 1. The maximum absolute atomic E-state index is 12.7. The number of fused-ring (bicyclic) bond motifs is 1. The average molecular weight is 488 g/mol. The molecular formula is C19H19F3N4O8. The number of esters is 3. The number of aromatic nitrogens is 3. The van der Waals surface area contributed by atoms with Crippen molar-refractivity contribution in [2.75, 3.05) is 11.9 Å². The first-order valence-electron chi connectivity index (χ1n) is 9.73. The van der Waals surface area contributed by atoms with Crippen molar-refractivity contribution in [1.82, 2.24) is 15.0 Å². The molecule has 1 aliphatic heterocycles. The summed E-state index contributed by atoms with van der Waals surface area (Å²) in [6, 6.07) is 3.95. The molecule has 1 fully saturated rings. The molecule has 2 heterocycles. The van der Waals surface area contributed by atoms with Crippen LogP contribution in [0.3, 0.4) is 0 Å². The summed E-state index contributed by atoms with van der Waals surface area (Å²) in [6.07, 6.45) is -9.96. The number of nitrogens with one attached hydrogen (secondary N) is 1. The summed E-state index contributed by atoms with van der Waals surface area (Å²) in [7, 11) is 0. The van der Waals surface area contributed by atoms with Gasteiger partial charge in [-0.3, -0.25) is 19.2 Å². The Morgan fingerprint density at radius 3 is 2.29 bits per heavy atom. The van der Waals surface area contributed by atoms with Gasteiger partial charge >= 0.3 is 30.0 Å². The molecule has 12 nitrogen and oxygen atoms in total. The molecule has 2 aromatic rings. The third-order valence-electron chi connectivity index (χ3n) is 4.59. The van der Waals surface area contributed by atoms with Crippen molar-refractivity contribution in [3.63, 3.8) is 0 Å². The Hall–Kier alpha value is -3.75. The quantitative estimate of drug-likeness (QED) is 0.465. The van der Waals surface area contributed by atoms with Gasteiger partial charge in [-0.1, -0.05) is 11.3 Å². The number of anilines is 1. The first-order valence-corrected chi connectivity index (χ1v) is 9.73. The van der Waals surface area contributed by atoms with E-state index in [1.165, 1.54) is 18.2 Å². The Kier molecular flexibility index (Phi) is 7.04. The highest BCUT2D eigenvalue weighted by molar-refractivity contribution is 6.01. The molecule has 0 bridgehead atoms. The molecule has 34 heavy (non-hydrogen) atoms. The van der Waals surface area contributed by atoms with Gasteiger partial charge in [0.05, 0.1) is 11.2 Å². The molecule has 0 unspecified atom stereocenters. The number of carbonyl (C=O) groups excluding carboxylic acids is 4. The van der Waals surface area contributed by atoms with Gasteiger partial charge in [-0.25, -0.2) is 4.68 Å². The van der Waals surface area contributed by atoms with Gasteiger partial charge in [-0.05, 0) is 12.1 Å². The minimum atomic E-state index is -5.13. The number of amides is 1. The van der Waals surface area contributed by atoms with E-state index in [0.717, 1.165) is 25.5 Å². The number of rotatable bonds is 6. The predicted molar refractivity (Wildman–Crippen MR) is 104 cm³/mol. The molecular weight excluding hydrogens is 469 g/mol. The van der Waals surface area contributed by atoms with Crippen molar-refractivity contribution in [3.05, 3.63) is 18.2 Å². The Labute approximate surface area is 189 Å². The molecule has 0 radical (unpaired) electrons. The van der Waals surface area contributed by atoms with Crippen LogP contribution in [0.25, 0.3) is 11.0 Å². The normalized spacial score (nSPS) is 22.3. The number of nitrogens with zero attached hydrogens (tertiary/aromatic N) is 3. The number of carbonyl (C=O) groups is 4. The van der Waals surface area contributed by atoms with Gasteiger partial charge in [0.2, 0.25) is 0 Å². The minimum Gasteiger partial charge on any atom is -0.463 e. The van der Waals surface area contributed by atoms with Crippen LogP contribution in [0.5, 0.6) is 0 Å². The summed E-state index contributed by atoms with van der Waals surface area (Å²) in [5, 5.41) is 9.41. The van der Waals surface area contributed by atoms with Crippen LogP contribution in [-0.4, -0.2) is 69.9 Å². The molecule has 0 saturated carbocycles. The zero-order chi connectivity index (χ0) is 25.2. The predicted octanol–water partition coefficient (Wildman–Crippen LogP) is 1.26. The van der Waals surface area contributed by atoms with Crippen LogP contribution < -0.4 is 5.32 Å². The van der Waals surface area contributed by atoms with Gasteiger partial charge in [0.15, 0.2) is 18.4 Å². The molecule has 3 rings (SSSR count). The number of hydrogen-bond acceptors (Lipinski definition) is 10. The summed E-state index contributed by atoms with van der Waals surface area (Å²) in [4.78, 5) is 46.0. The van der Waals surface area contributed by atoms with E-state index in [2.05, 4.69) is 10.3 Å². The molecule has 1 saturated heterocycles. The lowest BCUT2D eigenvalue weighted by molar-refractivity contribution is -0.167. The minimum absolute atomic E-state index is 0.108. The molecule has 15 heteroatoms. The van der Waals surface area contributed by atoms with Crippen LogP contribution >= 0.6 is 0 Å². The zero-order valence-electron chi connectivity index (χ0n) is 18.0. The van der Waals surface area contributed by atoms with Crippen LogP contribution in [-0.2, 0) is 38.1 Å². The Morgan fingerprint density at radius 2 is 1.71 bits per heavy atom. The van der Waals surface area contributed by atoms with E-state index in [0.29, 0.717) is 0 Å². The number of halogens is 3. The highest BCUT2D eigenvalue weighted by atomic mass is 19.4. The van der Waals surface area contributed by atoms with Gasteiger partial charge in [-0.2, -0.15) is 13.2 Å². The highest BCUT2D eigenvalue weighted by Crippen LogP contribution is 2.36. The second kappa shape index (κ2) is 9.62. The van der Waals surface area contributed by atoms with Crippen LogP contribution in [0.15, 0.2) is 18.2 Å². The monoisotopic (exact) mass is 488 g/mol. The SMILES string of the molecule is CC(=O)OC[C@@H]1O[C@H](n2nnc3c(NC(=O)C(F)(F)F)cccc32)[C@H](OC(C)=O)[C@H]1OC(C)=O. The molecule has 4 atom stereocenters. The average Bonchev–Trinajstić information content (AvgIpc) is 3.27. The number of ether oxygens (including phenoxy) is 4. The van der Waals surface area contributed by atoms with E-state index < -0.39 is 54.5 Å². The standard InChI is InChI=1S/C19H19F3N4O8/c1-8(27)31-7-13-15(32-9(2)28)16(33-10(3)29)17(34-13)26-12-6-4-5-11(14(12)24-25-26)23-18(30)19(20,21)22/h4-6,13,15-17H,7H2,1-3H3,(H,23,30)/t13-,15-,16+,17-/m0/s1. The smallest absolute Gasteiger partial charge is 0.463 e. The lowest BCUT2D eigenvalue weighted by Crippen LogP contribution is -2.40. The van der Waals surface area contributed by atoms with Gasteiger partial charge in [0, 0.05) is 20.8 Å². The number of benzene rings is 1. The van der Waals surface area contributed by atoms with Crippen LogP contribution in [0.1, 0.15) is 27.0 Å². The topological polar surface area (TPSA) is 148 Å². The highest BCUT2D eigenvalue weighted by Gasteiger charge is 2.51. The van der Waals surface area contributed by atoms with Gasteiger partial charge in [-0.15, -0.1) is 5.10 Å². The van der Waals surface area contributed by atoms with Crippen LogP contribution in [0.4, 0.5) is 18.9 Å². The summed E-state index contributed by atoms with van der Waals surface area (Å²) >= 11 is 0. The van der Waals surface area contributed by atoms with E-state index in [4.69, 9.17) is 18.9 Å². The lowest BCUT2D eigenvalue weighted by atomic mass is 10.1. The zero-order valence-corrected chi connectivity index (χ0v) is 18.0. The maximum Gasteiger partial charge on any atom is 0.471 e. The molecule has 1 aromatic carbocycles. The van der Waals surface area contributed by atoms with Crippen molar-refractivity contribution in [2.24, 2.45) is 0 Å². The Morgan fingerprint density at radius 1 is 1.06 bits per heavy atom. The van der Waals surface area contributed by atoms with E-state index in [9.17, 15) is 32.3 Å². The lowest BCUT2D eigenvalue weighted by Gasteiger charge is -2.23. The second-order valence-electron chi connectivity index (χ2n) is 7.17. The van der Waals surface area contributed by atoms with Crippen molar-refractivity contribution in [3.8, 4) is 0 Å². The van der Waals surface area contributed by atoms with E-state index in [1.54, 1.807) is 5.32 Å². The van der Waals surface area contributed by atoms with Crippen LogP contribution in [0.2, 0.25) is 0 Å². The Bertz CT molecular complexity index is 1120. The van der Waals surface area contributed by atoms with E-state index in [-0.39, 0.29) is 23.3 Å². The van der Waals surface area contributed by atoms with Gasteiger partial charge in [0.25, 0.3) is 0 Å². The molecule has 1 aromatic heterocycles. The number of alkyl halides is 3. The largest absolute Gasteiger partial charge is 0.471 e. The fraction of sp³-hybridized carbons (Fsp3) is 0.474. The first kappa shape index (κ1) is 24.9. The fourth-order valence-electron chi connectivity index (χ4n) is 3.33. The third-order valence-corrected chi connectivity index (χ3v) is 4.59. The van der Waals surface area contributed by atoms with Crippen molar-refractivity contribution in [2.45, 2.75) is 51.5 Å². The molecule has 1 amide bonds. The molecule has 1 aliphatic rings. The summed E-state index contributed by atoms with van der Waals surface area (Å²) in [6.45, 7) is 3.01. The molecule has 184 valence electrons. The molecule has 0 spiro atoms. The summed E-state index contributed by atoms with van der Waals surface area (Å²) < 4.78 is 60.4. The van der Waals surface area contributed by atoms with Crippen molar-refractivity contribution >= 4 is 40.5 Å². The van der Waals surface area contributed by atoms with Crippen LogP contribution in [0, 0.1) is 0 Å². The van der Waals surface area contributed by atoms with Gasteiger partial charge < -0.3 is 24.3 Å². The Balaban J connectivity index is 2.01. The summed E-state index contributed by atoms with van der Waals surface area (Å²) in [5.41, 5.74) is -0.282. The third kappa shape index (κ3) is 5.41. The fourth-order valence-corrected chi connectivity index (χ4v) is 3.33. The van der Waals surface area contributed by atoms with E-state index in [1.807, 2.05) is 0 Å². The maximum atomic E-state index is 12.7. The van der Waals surface area contributed by atoms with Crippen molar-refractivity contribution in [1.29, 1.82) is 0 Å². The van der Waals surface area contributed by atoms with E-state index >= 15 is 0 Å². The molecule has 0 aliphatic carbocycles. The summed E-state index contributed by atoms with van der Waals surface area (Å²) in [5.74, 6) is -4.35. The second-order valence-corrected chi connectivity index (χ2v) is 7.17. The van der Waals surface area contributed by atoms with Crippen molar-refractivity contribution < 1.29 is 51.3 Å². The first-order chi connectivity index (χ1) is 15.9. The van der Waals surface area contributed by atoms with Gasteiger partial charge in [0.1, 0.15) is 18.2 Å².